The van der Waals surface area contributed by atoms with Crippen molar-refractivity contribution in [2.75, 3.05) is 0 Å². The van der Waals surface area contributed by atoms with Crippen LogP contribution in [-0.2, 0) is 6.42 Å². The molecule has 0 amide bonds. The first-order valence-corrected chi connectivity index (χ1v) is 5.55. The third-order valence-electron chi connectivity index (χ3n) is 4.45. The van der Waals surface area contributed by atoms with E-state index in [0.717, 1.165) is 6.42 Å². The van der Waals surface area contributed by atoms with E-state index in [9.17, 15) is 4.39 Å². The van der Waals surface area contributed by atoms with Crippen LogP contribution in [0.5, 0.6) is 0 Å². The molecular formula is C13H16FN. The maximum Gasteiger partial charge on any atom is 0.123 e. The predicted molar refractivity (Wildman–Crippen MR) is 58.1 cm³/mol. The summed E-state index contributed by atoms with van der Waals surface area (Å²) < 4.78 is 13.1. The number of hydrogen-bond donors (Lipinski definition) is 1. The molecule has 2 aliphatic carbocycles. The molecule has 80 valence electrons. The molecule has 0 saturated heterocycles. The fourth-order valence-electron chi connectivity index (χ4n) is 3.58. The Morgan fingerprint density at radius 3 is 2.87 bits per heavy atom. The molecule has 3 rings (SSSR count). The zero-order chi connectivity index (χ0) is 10.8. The summed E-state index contributed by atoms with van der Waals surface area (Å²) in [7, 11) is 0. The van der Waals surface area contributed by atoms with Gasteiger partial charge in [-0.1, -0.05) is 19.9 Å². The first-order chi connectivity index (χ1) is 7.01. The highest BCUT2D eigenvalue weighted by Crippen LogP contribution is 2.61. The molecular weight excluding hydrogens is 189 g/mol. The first kappa shape index (κ1) is 9.34. The second kappa shape index (κ2) is 2.62. The third-order valence-corrected chi connectivity index (χ3v) is 4.45. The van der Waals surface area contributed by atoms with Gasteiger partial charge in [0.05, 0.1) is 0 Å². The Morgan fingerprint density at radius 2 is 2.13 bits per heavy atom. The number of hydrogen-bond acceptors (Lipinski definition) is 1. The third kappa shape index (κ3) is 1.01. The fraction of sp³-hybridized carbons (Fsp3) is 0.538. The van der Waals surface area contributed by atoms with Crippen molar-refractivity contribution in [2.24, 2.45) is 17.1 Å². The lowest BCUT2D eigenvalue weighted by atomic mass is 9.52. The van der Waals surface area contributed by atoms with Crippen LogP contribution in [0.1, 0.15) is 30.9 Å². The largest absolute Gasteiger partial charge is 0.327 e. The molecule has 0 aromatic heterocycles. The van der Waals surface area contributed by atoms with Gasteiger partial charge >= 0.3 is 0 Å². The fourth-order valence-corrected chi connectivity index (χ4v) is 3.58. The van der Waals surface area contributed by atoms with Crippen molar-refractivity contribution < 1.29 is 4.39 Å². The molecule has 15 heavy (non-hydrogen) atoms. The van der Waals surface area contributed by atoms with E-state index in [1.807, 2.05) is 6.07 Å². The molecule has 0 heterocycles. The van der Waals surface area contributed by atoms with Crippen LogP contribution in [0.15, 0.2) is 18.2 Å². The molecule has 2 N–H and O–H groups in total. The lowest BCUT2D eigenvalue weighted by molar-refractivity contribution is 0.0273. The molecule has 1 nitrogen and oxygen atoms in total. The van der Waals surface area contributed by atoms with Gasteiger partial charge in [-0.3, -0.25) is 0 Å². The van der Waals surface area contributed by atoms with Crippen LogP contribution in [-0.4, -0.2) is 6.04 Å². The Balaban J connectivity index is 2.07. The van der Waals surface area contributed by atoms with Crippen LogP contribution in [0, 0.1) is 17.2 Å². The highest BCUT2D eigenvalue weighted by atomic mass is 19.1. The van der Waals surface area contributed by atoms with Crippen molar-refractivity contribution in [3.05, 3.63) is 35.1 Å². The van der Waals surface area contributed by atoms with Gasteiger partial charge in [-0.15, -0.1) is 0 Å². The van der Waals surface area contributed by atoms with Crippen LogP contribution in [0.25, 0.3) is 0 Å². The molecule has 1 saturated carbocycles. The molecule has 3 atom stereocenters. The molecule has 1 fully saturated rings. The Hall–Kier alpha value is -0.890. The molecule has 0 spiro atoms. The number of rotatable bonds is 0. The van der Waals surface area contributed by atoms with Gasteiger partial charge in [-0.05, 0) is 46.9 Å². The van der Waals surface area contributed by atoms with Crippen molar-refractivity contribution in [1.29, 1.82) is 0 Å². The van der Waals surface area contributed by atoms with E-state index in [4.69, 9.17) is 5.73 Å². The van der Waals surface area contributed by atoms with E-state index in [1.54, 1.807) is 12.1 Å². The molecule has 0 bridgehead atoms. The Kier molecular flexibility index (Phi) is 1.63. The van der Waals surface area contributed by atoms with E-state index >= 15 is 0 Å². The SMILES string of the molecule is CC1(C)C(N)C2Cc3cc(F)ccc3C21. The number of fused-ring (bicyclic) bond motifs is 3. The van der Waals surface area contributed by atoms with E-state index in [2.05, 4.69) is 13.8 Å². The van der Waals surface area contributed by atoms with Gasteiger partial charge in [-0.25, -0.2) is 4.39 Å². The van der Waals surface area contributed by atoms with Crippen LogP contribution >= 0.6 is 0 Å². The molecule has 0 aliphatic heterocycles. The Bertz CT molecular complexity index is 425. The summed E-state index contributed by atoms with van der Waals surface area (Å²) >= 11 is 0. The number of nitrogens with two attached hydrogens (primary N) is 1. The predicted octanol–water partition coefficient (Wildman–Crippen LogP) is 2.45. The van der Waals surface area contributed by atoms with Crippen LogP contribution in [0.4, 0.5) is 4.39 Å². The van der Waals surface area contributed by atoms with Crippen LogP contribution < -0.4 is 5.73 Å². The highest BCUT2D eigenvalue weighted by Gasteiger charge is 2.58. The maximum atomic E-state index is 13.1. The van der Waals surface area contributed by atoms with Crippen molar-refractivity contribution in [3.8, 4) is 0 Å². The summed E-state index contributed by atoms with van der Waals surface area (Å²) in [6, 6.07) is 5.46. The van der Waals surface area contributed by atoms with Gasteiger partial charge in [0.25, 0.3) is 0 Å². The maximum absolute atomic E-state index is 13.1. The highest BCUT2D eigenvalue weighted by molar-refractivity contribution is 5.43. The van der Waals surface area contributed by atoms with Gasteiger partial charge in [0.2, 0.25) is 0 Å². The normalized spacial score (nSPS) is 35.6. The summed E-state index contributed by atoms with van der Waals surface area (Å²) in [4.78, 5) is 0. The van der Waals surface area contributed by atoms with Crippen molar-refractivity contribution >= 4 is 0 Å². The smallest absolute Gasteiger partial charge is 0.123 e. The standard InChI is InChI=1S/C13H16FN/c1-13(2)11-9-4-3-8(14)5-7(9)6-10(11)12(13)15/h3-5,10-12H,6,15H2,1-2H3. The summed E-state index contributed by atoms with van der Waals surface area (Å²) in [5.74, 6) is 0.960. The molecule has 1 aromatic carbocycles. The first-order valence-electron chi connectivity index (χ1n) is 5.55. The molecule has 0 radical (unpaired) electrons. The second-order valence-corrected chi connectivity index (χ2v) is 5.54. The van der Waals surface area contributed by atoms with Gasteiger partial charge in [-0.2, -0.15) is 0 Å². The van der Waals surface area contributed by atoms with E-state index in [1.165, 1.54) is 11.1 Å². The topological polar surface area (TPSA) is 26.0 Å². The average molecular weight is 205 g/mol. The van der Waals surface area contributed by atoms with Gasteiger partial charge in [0, 0.05) is 6.04 Å². The minimum absolute atomic E-state index is 0.124. The second-order valence-electron chi connectivity index (χ2n) is 5.54. The lowest BCUT2D eigenvalue weighted by Gasteiger charge is -2.54. The minimum Gasteiger partial charge on any atom is -0.327 e. The monoisotopic (exact) mass is 205 g/mol. The number of halogens is 1. The molecule has 1 aromatic rings. The van der Waals surface area contributed by atoms with Crippen LogP contribution in [0.3, 0.4) is 0 Å². The van der Waals surface area contributed by atoms with E-state index < -0.39 is 0 Å². The zero-order valence-corrected chi connectivity index (χ0v) is 9.13. The van der Waals surface area contributed by atoms with Crippen molar-refractivity contribution in [2.45, 2.75) is 32.2 Å². The number of benzene rings is 1. The zero-order valence-electron chi connectivity index (χ0n) is 9.13. The van der Waals surface area contributed by atoms with Gasteiger partial charge in [0.15, 0.2) is 0 Å². The van der Waals surface area contributed by atoms with Crippen molar-refractivity contribution in [1.82, 2.24) is 0 Å². The quantitative estimate of drug-likeness (QED) is 0.691. The van der Waals surface area contributed by atoms with Crippen molar-refractivity contribution in [3.63, 3.8) is 0 Å². The van der Waals surface area contributed by atoms with Gasteiger partial charge < -0.3 is 5.73 Å². The van der Waals surface area contributed by atoms with E-state index in [-0.39, 0.29) is 17.3 Å². The average Bonchev–Trinajstić information content (AvgIpc) is 2.53. The summed E-state index contributed by atoms with van der Waals surface area (Å²) in [5.41, 5.74) is 8.84. The molecule has 3 unspecified atom stereocenters. The Morgan fingerprint density at radius 1 is 1.40 bits per heavy atom. The summed E-state index contributed by atoms with van der Waals surface area (Å²) in [5, 5.41) is 0. The molecule has 2 heteroatoms. The summed E-state index contributed by atoms with van der Waals surface area (Å²) in [6.07, 6.45) is 0.961. The van der Waals surface area contributed by atoms with Gasteiger partial charge in [0.1, 0.15) is 5.82 Å². The van der Waals surface area contributed by atoms with Crippen LogP contribution in [0.2, 0.25) is 0 Å². The lowest BCUT2D eigenvalue weighted by Crippen LogP contribution is -2.59. The minimum atomic E-state index is -0.124. The van der Waals surface area contributed by atoms with E-state index in [0.29, 0.717) is 11.8 Å². The summed E-state index contributed by atoms with van der Waals surface area (Å²) in [6.45, 7) is 4.44. The molecule has 2 aliphatic rings. The Labute approximate surface area is 89.5 Å².